The first-order valence-corrected chi connectivity index (χ1v) is 6.40. The van der Waals surface area contributed by atoms with Crippen LogP contribution in [0.3, 0.4) is 0 Å². The molecule has 5 nitrogen and oxygen atoms in total. The summed E-state index contributed by atoms with van der Waals surface area (Å²) in [6, 6.07) is 3.16. The van der Waals surface area contributed by atoms with Crippen LogP contribution in [-0.4, -0.2) is 24.9 Å². The Morgan fingerprint density at radius 3 is 2.72 bits per heavy atom. The highest BCUT2D eigenvalue weighted by molar-refractivity contribution is 6.16. The summed E-state index contributed by atoms with van der Waals surface area (Å²) in [6.45, 7) is 2.61. The Morgan fingerprint density at radius 2 is 2.11 bits per heavy atom. The van der Waals surface area contributed by atoms with E-state index >= 15 is 0 Å². The minimum atomic E-state index is -0.419. The van der Waals surface area contributed by atoms with Crippen molar-refractivity contribution in [3.63, 3.8) is 0 Å². The third kappa shape index (κ3) is 4.79. The molecule has 0 bridgehead atoms. The molecular weight excluding hydrogens is 256 g/mol. The van der Waals surface area contributed by atoms with Crippen molar-refractivity contribution >= 4 is 23.4 Å². The second-order valence-electron chi connectivity index (χ2n) is 3.79. The number of alkyl halides is 1. The van der Waals surface area contributed by atoms with Crippen LogP contribution in [0, 0.1) is 0 Å². The molecule has 2 amide bonds. The Balaban J connectivity index is 2.30. The monoisotopic (exact) mass is 272 g/mol. The molecule has 1 aromatic rings. The Morgan fingerprint density at radius 1 is 1.33 bits per heavy atom. The van der Waals surface area contributed by atoms with Crippen LogP contribution in [0.2, 0.25) is 0 Å². The molecule has 1 aromatic heterocycles. The fourth-order valence-corrected chi connectivity index (χ4v) is 1.43. The van der Waals surface area contributed by atoms with Gasteiger partial charge in [0.15, 0.2) is 5.76 Å². The van der Waals surface area contributed by atoms with Crippen molar-refractivity contribution in [1.82, 2.24) is 10.6 Å². The normalized spacial score (nSPS) is 10.1. The zero-order valence-corrected chi connectivity index (χ0v) is 11.0. The third-order valence-electron chi connectivity index (χ3n) is 2.28. The summed E-state index contributed by atoms with van der Waals surface area (Å²) in [5.41, 5.74) is 0. The van der Waals surface area contributed by atoms with E-state index in [1.54, 1.807) is 6.07 Å². The van der Waals surface area contributed by atoms with E-state index in [9.17, 15) is 9.59 Å². The first-order chi connectivity index (χ1) is 8.67. The van der Waals surface area contributed by atoms with Gasteiger partial charge in [0.1, 0.15) is 5.76 Å². The molecule has 1 heterocycles. The topological polar surface area (TPSA) is 71.3 Å². The summed E-state index contributed by atoms with van der Waals surface area (Å²) in [5, 5.41) is 5.18. The maximum Gasteiger partial charge on any atom is 0.287 e. The van der Waals surface area contributed by atoms with Gasteiger partial charge in [-0.25, -0.2) is 0 Å². The zero-order chi connectivity index (χ0) is 13.4. The predicted octanol–water partition coefficient (Wildman–Crippen LogP) is 1.66. The second-order valence-corrected chi connectivity index (χ2v) is 4.05. The highest BCUT2D eigenvalue weighted by Gasteiger charge is 2.11. The Hall–Kier alpha value is -1.49. The molecule has 0 aliphatic rings. The minimum Gasteiger partial charge on any atom is -0.455 e. The number of rotatable bonds is 7. The van der Waals surface area contributed by atoms with Crippen molar-refractivity contribution in [3.05, 3.63) is 23.7 Å². The van der Waals surface area contributed by atoms with Crippen LogP contribution in [0.5, 0.6) is 0 Å². The van der Waals surface area contributed by atoms with Gasteiger partial charge < -0.3 is 15.1 Å². The number of hydrogen-bond acceptors (Lipinski definition) is 3. The number of nitrogens with one attached hydrogen (secondary N) is 2. The summed E-state index contributed by atoms with van der Waals surface area (Å²) in [5.74, 6) is 0.268. The number of carbonyl (C=O) groups is 2. The molecule has 0 unspecified atom stereocenters. The molecule has 0 aliphatic carbocycles. The first-order valence-electron chi connectivity index (χ1n) is 5.87. The molecule has 100 valence electrons. The molecule has 0 radical (unpaired) electrons. The van der Waals surface area contributed by atoms with E-state index in [2.05, 4.69) is 10.6 Å². The fraction of sp³-hybridized carbons (Fsp3) is 0.500. The Bertz CT molecular complexity index is 404. The first kappa shape index (κ1) is 14.6. The Labute approximate surface area is 111 Å². The average molecular weight is 273 g/mol. The quantitative estimate of drug-likeness (QED) is 0.586. The van der Waals surface area contributed by atoms with Gasteiger partial charge >= 0.3 is 0 Å². The van der Waals surface area contributed by atoms with Crippen molar-refractivity contribution in [2.24, 2.45) is 0 Å². The molecule has 0 saturated carbocycles. The van der Waals surface area contributed by atoms with Crippen LogP contribution in [0.15, 0.2) is 16.5 Å². The molecule has 18 heavy (non-hydrogen) atoms. The molecule has 1 rings (SSSR count). The zero-order valence-electron chi connectivity index (χ0n) is 10.3. The van der Waals surface area contributed by atoms with E-state index < -0.39 is 5.91 Å². The second kappa shape index (κ2) is 7.76. The molecule has 0 aliphatic heterocycles. The van der Waals surface area contributed by atoms with Crippen LogP contribution < -0.4 is 10.6 Å². The summed E-state index contributed by atoms with van der Waals surface area (Å²) in [7, 11) is 0. The van der Waals surface area contributed by atoms with E-state index in [-0.39, 0.29) is 24.1 Å². The Kier molecular flexibility index (Phi) is 6.28. The van der Waals surface area contributed by atoms with Crippen LogP contribution in [-0.2, 0) is 10.7 Å². The van der Waals surface area contributed by atoms with Gasteiger partial charge in [0.25, 0.3) is 5.91 Å². The summed E-state index contributed by atoms with van der Waals surface area (Å²) < 4.78 is 5.15. The number of carbonyl (C=O) groups excluding carboxylic acids is 2. The van der Waals surface area contributed by atoms with Crippen LogP contribution in [0.4, 0.5) is 0 Å². The molecule has 2 N–H and O–H groups in total. The SMILES string of the molecule is CCCCNC(=O)CNC(=O)c1ccc(CCl)o1. The van der Waals surface area contributed by atoms with E-state index in [0.29, 0.717) is 12.3 Å². The molecule has 0 saturated heterocycles. The number of amides is 2. The predicted molar refractivity (Wildman–Crippen MR) is 68.5 cm³/mol. The van der Waals surface area contributed by atoms with Crippen molar-refractivity contribution in [1.29, 1.82) is 0 Å². The van der Waals surface area contributed by atoms with E-state index in [4.69, 9.17) is 16.0 Å². The van der Waals surface area contributed by atoms with Crippen molar-refractivity contribution in [3.8, 4) is 0 Å². The van der Waals surface area contributed by atoms with E-state index in [0.717, 1.165) is 12.8 Å². The van der Waals surface area contributed by atoms with Gasteiger partial charge in [-0.05, 0) is 18.6 Å². The van der Waals surface area contributed by atoms with Gasteiger partial charge in [0.2, 0.25) is 5.91 Å². The molecule has 0 fully saturated rings. The number of hydrogen-bond donors (Lipinski definition) is 2. The van der Waals surface area contributed by atoms with Gasteiger partial charge in [0, 0.05) is 6.54 Å². The van der Waals surface area contributed by atoms with Crippen LogP contribution >= 0.6 is 11.6 Å². The fourth-order valence-electron chi connectivity index (χ4n) is 1.29. The van der Waals surface area contributed by atoms with Crippen molar-refractivity contribution < 1.29 is 14.0 Å². The summed E-state index contributed by atoms with van der Waals surface area (Å²) >= 11 is 5.55. The average Bonchev–Trinajstić information content (AvgIpc) is 2.85. The lowest BCUT2D eigenvalue weighted by Gasteiger charge is -2.04. The van der Waals surface area contributed by atoms with Crippen LogP contribution in [0.1, 0.15) is 36.1 Å². The van der Waals surface area contributed by atoms with Gasteiger partial charge in [0.05, 0.1) is 12.4 Å². The summed E-state index contributed by atoms with van der Waals surface area (Å²) in [6.07, 6.45) is 1.94. The number of halogens is 1. The maximum atomic E-state index is 11.6. The standard InChI is InChI=1S/C12H17ClN2O3/c1-2-3-6-14-11(16)8-15-12(17)10-5-4-9(7-13)18-10/h4-5H,2-3,6-8H2,1H3,(H,14,16)(H,15,17). The van der Waals surface area contributed by atoms with Crippen molar-refractivity contribution in [2.75, 3.05) is 13.1 Å². The molecule has 0 aromatic carbocycles. The van der Waals surface area contributed by atoms with Gasteiger partial charge in [-0.1, -0.05) is 13.3 Å². The van der Waals surface area contributed by atoms with E-state index in [1.807, 2.05) is 6.92 Å². The molecule has 0 atom stereocenters. The highest BCUT2D eigenvalue weighted by atomic mass is 35.5. The molecular formula is C12H17ClN2O3. The minimum absolute atomic E-state index is 0.0561. The van der Waals surface area contributed by atoms with Gasteiger partial charge in [-0.2, -0.15) is 0 Å². The van der Waals surface area contributed by atoms with Gasteiger partial charge in [-0.3, -0.25) is 9.59 Å². The third-order valence-corrected chi connectivity index (χ3v) is 2.54. The van der Waals surface area contributed by atoms with E-state index in [1.165, 1.54) is 6.07 Å². The highest BCUT2D eigenvalue weighted by Crippen LogP contribution is 2.09. The lowest BCUT2D eigenvalue weighted by atomic mass is 10.3. The largest absolute Gasteiger partial charge is 0.455 e. The number of furan rings is 1. The van der Waals surface area contributed by atoms with Crippen molar-refractivity contribution in [2.45, 2.75) is 25.6 Å². The molecule has 0 spiro atoms. The smallest absolute Gasteiger partial charge is 0.287 e. The maximum absolute atomic E-state index is 11.6. The van der Waals surface area contributed by atoms with Crippen LogP contribution in [0.25, 0.3) is 0 Å². The van der Waals surface area contributed by atoms with Gasteiger partial charge in [-0.15, -0.1) is 11.6 Å². The lowest BCUT2D eigenvalue weighted by molar-refractivity contribution is -0.120. The number of unbranched alkanes of at least 4 members (excludes halogenated alkanes) is 1. The summed E-state index contributed by atoms with van der Waals surface area (Å²) in [4.78, 5) is 22.9. The molecule has 6 heteroatoms. The lowest BCUT2D eigenvalue weighted by Crippen LogP contribution is -2.37.